The van der Waals surface area contributed by atoms with Crippen molar-refractivity contribution < 1.29 is 89.5 Å². The Morgan fingerprint density at radius 1 is 0.566 bits per heavy atom. The average molecular weight is 1600 g/mol. The number of carboxylic acids is 1. The molecule has 5 amide bonds. The molecule has 6 aromatic rings. The van der Waals surface area contributed by atoms with Gasteiger partial charge in [-0.2, -0.15) is 0 Å². The van der Waals surface area contributed by atoms with E-state index >= 15 is 0 Å². The van der Waals surface area contributed by atoms with Crippen LogP contribution in [0.1, 0.15) is 146 Å². The van der Waals surface area contributed by atoms with Crippen LogP contribution in [0.5, 0.6) is 23.0 Å². The predicted octanol–water partition coefficient (Wildman–Crippen LogP) is 15.2. The second-order valence-electron chi connectivity index (χ2n) is 31.5. The number of carbonyl (C=O) groups excluding carboxylic acids is 5. The highest BCUT2D eigenvalue weighted by atomic mass is 31.2. The molecule has 2 aliphatic heterocycles. The molecule has 2 saturated heterocycles. The van der Waals surface area contributed by atoms with E-state index in [1.807, 2.05) is 151 Å². The number of methoxy groups -OCH3 is 2. The van der Waals surface area contributed by atoms with Gasteiger partial charge in [0.05, 0.1) is 76.2 Å². The first kappa shape index (κ1) is 86.5. The van der Waals surface area contributed by atoms with E-state index in [0.717, 1.165) is 73.3 Å². The molecule has 10 atom stereocenters. The maximum Gasteiger partial charge on any atom is 0.408 e. The third-order valence-corrected chi connectivity index (χ3v) is 26.9. The first-order valence-electron chi connectivity index (χ1n) is 39.2. The van der Waals surface area contributed by atoms with Crippen LogP contribution in [0.4, 0.5) is 9.59 Å². The molecular formula is C84H112N8O19P2. The number of carbonyl (C=O) groups is 6. The molecule has 4 saturated carbocycles. The van der Waals surface area contributed by atoms with E-state index in [2.05, 4.69) is 29.1 Å². The van der Waals surface area contributed by atoms with Crippen molar-refractivity contribution in [2.75, 3.05) is 53.7 Å². The fourth-order valence-corrected chi connectivity index (χ4v) is 19.7. The Hall–Kier alpha value is -8.94. The van der Waals surface area contributed by atoms with Crippen LogP contribution in [0, 0.1) is 22.7 Å². The van der Waals surface area contributed by atoms with Crippen LogP contribution in [-0.4, -0.2) is 174 Å². The quantitative estimate of drug-likeness (QED) is 0.0215. The molecule has 4 heterocycles. The molecule has 6 aliphatic rings. The molecule has 2 aromatic heterocycles. The van der Waals surface area contributed by atoms with Gasteiger partial charge in [-0.15, -0.1) is 13.2 Å². The zero-order chi connectivity index (χ0) is 81.8. The Labute approximate surface area is 662 Å². The summed E-state index contributed by atoms with van der Waals surface area (Å²) < 4.78 is 83.8. The van der Waals surface area contributed by atoms with Crippen LogP contribution in [0.15, 0.2) is 135 Å². The number of pyridine rings is 2. The molecule has 0 bridgehead atoms. The molecule has 6 N–H and O–H groups in total. The maximum absolute atomic E-state index is 14.8. The van der Waals surface area contributed by atoms with Gasteiger partial charge in [-0.25, -0.2) is 24.4 Å². The van der Waals surface area contributed by atoms with Gasteiger partial charge in [-0.1, -0.05) is 114 Å². The monoisotopic (exact) mass is 1600 g/mol. The van der Waals surface area contributed by atoms with Gasteiger partial charge >= 0.3 is 33.3 Å². The standard InChI is InChI=1S/C42H55N4O9P.C33H39N3O7.C9H18NO3P/c1-8-28-25-42(28,56(50,52-9-2)53-10-3)45-38(47)35-23-31(26-46(35)39(48)37(41(4,5)6)44-40(49)55-29-18-14-15-19-29)54-36-24-33(27-16-12-11-13-17-27)43-34-22-30(51-7)20-21-32(34)36;1-33(2,3)29(35-32(40)43-21-12-8-9-13-21)30(37)36-19-23(17-27(36)31(38)39)42-28-18-25(20-10-6-5-7-11-20)34-26-16-22(41-4)14-15-24(26)28;1-4-8-7-9(8,10)14(11,12-5-2)13-6-3/h8,11-13,16-17,20-22,24,28-29,31,35,37H,1,9-10,14-15,18-19,23,25-26H2,2-7H3,(H,44,49)(H,45,47);5-7,10-11,14-16,18,21,23,27,29H,8-9,12-13,17,19H2,1-4H3,(H,35,40)(H,38,39);4,8H,1,5-7,10H2,2-3H3/t28-,31-,35+,37-,42+;23-,27+,29-;8-,9+/m111/s1. The molecule has 27 nitrogen and oxygen atoms in total. The maximum atomic E-state index is 14.8. The van der Waals surface area contributed by atoms with Crippen molar-refractivity contribution >= 4 is 72.9 Å². The summed E-state index contributed by atoms with van der Waals surface area (Å²) >= 11 is 0. The van der Waals surface area contributed by atoms with Crippen LogP contribution in [0.25, 0.3) is 44.3 Å². The number of nitrogens with zero attached hydrogens (tertiary/aromatic N) is 4. The molecular weight excluding hydrogens is 1490 g/mol. The van der Waals surface area contributed by atoms with Crippen LogP contribution in [0.3, 0.4) is 0 Å². The Morgan fingerprint density at radius 3 is 1.33 bits per heavy atom. The fourth-order valence-electron chi connectivity index (χ4n) is 15.2. The minimum atomic E-state index is -3.87. The van der Waals surface area contributed by atoms with Crippen LogP contribution < -0.4 is 40.6 Å². The number of benzene rings is 4. The van der Waals surface area contributed by atoms with Gasteiger partial charge in [-0.05, 0) is 127 Å². The van der Waals surface area contributed by atoms with Crippen molar-refractivity contribution in [3.8, 4) is 45.5 Å². The number of aliphatic carboxylic acids is 1. The number of hydrogen-bond acceptors (Lipinski definition) is 21. The zero-order valence-electron chi connectivity index (χ0n) is 67.0. The predicted molar refractivity (Wildman–Crippen MR) is 431 cm³/mol. The summed E-state index contributed by atoms with van der Waals surface area (Å²) in [6.45, 7) is 26.5. The van der Waals surface area contributed by atoms with Gasteiger partial charge in [0.25, 0.3) is 0 Å². The summed E-state index contributed by atoms with van der Waals surface area (Å²) in [6, 6.07) is 29.9. The Bertz CT molecular complexity index is 4450. The van der Waals surface area contributed by atoms with E-state index in [9.17, 15) is 43.0 Å². The highest BCUT2D eigenvalue weighted by Crippen LogP contribution is 2.73. The third-order valence-electron chi connectivity index (χ3n) is 21.4. The number of carboxylic acid groups (broad SMARTS) is 1. The first-order valence-corrected chi connectivity index (χ1v) is 42.3. The van der Waals surface area contributed by atoms with Crippen molar-refractivity contribution in [2.45, 2.75) is 205 Å². The summed E-state index contributed by atoms with van der Waals surface area (Å²) in [5, 5.41) is 18.0. The second kappa shape index (κ2) is 37.1. The average Bonchev–Trinajstić information content (AvgIpc) is 1.56. The van der Waals surface area contributed by atoms with E-state index in [4.69, 9.17) is 62.2 Å². The van der Waals surface area contributed by atoms with Crippen molar-refractivity contribution in [1.82, 2.24) is 35.7 Å². The zero-order valence-corrected chi connectivity index (χ0v) is 68.8. The summed E-state index contributed by atoms with van der Waals surface area (Å²) in [7, 11) is -3.85. The van der Waals surface area contributed by atoms with Gasteiger partial charge in [-0.3, -0.25) is 23.5 Å². The van der Waals surface area contributed by atoms with Crippen molar-refractivity contribution in [2.24, 2.45) is 28.4 Å². The first-order chi connectivity index (χ1) is 53.8. The fraction of sp³-hybridized carbons (Fsp3) is 0.524. The summed E-state index contributed by atoms with van der Waals surface area (Å²) in [5.74, 6) is -0.626. The van der Waals surface area contributed by atoms with Crippen LogP contribution >= 0.6 is 15.2 Å². The van der Waals surface area contributed by atoms with Gasteiger partial charge in [0.15, 0.2) is 0 Å². The number of likely N-dealkylation sites (tertiary alicyclic amines) is 2. The Morgan fingerprint density at radius 2 is 0.965 bits per heavy atom. The lowest BCUT2D eigenvalue weighted by Crippen LogP contribution is -2.58. The smallest absolute Gasteiger partial charge is 0.408 e. The number of hydrogen-bond donors (Lipinski definition) is 5. The lowest BCUT2D eigenvalue weighted by molar-refractivity contribution is -0.150. The number of rotatable bonds is 29. The largest absolute Gasteiger partial charge is 0.497 e. The van der Waals surface area contributed by atoms with Crippen molar-refractivity contribution in [3.05, 3.63) is 135 Å². The molecule has 29 heteroatoms. The molecule has 0 radical (unpaired) electrons. The Kier molecular flexibility index (Phi) is 28.4. The Balaban J connectivity index is 0.000000209. The SMILES string of the molecule is C=C[C@@H]1C[C@]1(N)P(=O)(OCC)OCC.C=C[C@@H]1C[C@]1(NC(=O)[C@@H]1C[C@@H](Oc2cc(-c3ccccc3)nc3cc(OC)ccc23)CN1C(=O)[C@@H](NC(=O)OC1CCCC1)C(C)(C)C)P(=O)(OCC)OCC.COc1ccc2c(O[C@@H]3C[C@@H](C(=O)O)N(C(=O)[C@@H](NC(=O)OC4CCCC4)C(C)(C)C)C3)cc(-c3ccccc3)nc2c1. The van der Waals surface area contributed by atoms with E-state index < -0.39 is 109 Å². The summed E-state index contributed by atoms with van der Waals surface area (Å²) in [5.41, 5.74) is 8.96. The number of amides is 5. The summed E-state index contributed by atoms with van der Waals surface area (Å²) in [6.07, 6.45) is 8.62. The number of alkyl carbamates (subject to hydrolysis) is 2. The van der Waals surface area contributed by atoms with Crippen molar-refractivity contribution in [3.63, 3.8) is 0 Å². The van der Waals surface area contributed by atoms with E-state index in [1.54, 1.807) is 54.1 Å². The van der Waals surface area contributed by atoms with Crippen molar-refractivity contribution in [1.29, 1.82) is 0 Å². The third kappa shape index (κ3) is 20.2. The van der Waals surface area contributed by atoms with Crippen LogP contribution in [0.2, 0.25) is 0 Å². The molecule has 4 aliphatic carbocycles. The van der Waals surface area contributed by atoms with Gasteiger partial charge in [0, 0.05) is 70.8 Å². The minimum absolute atomic E-state index is 0.0238. The van der Waals surface area contributed by atoms with Gasteiger partial charge in [0.2, 0.25) is 17.7 Å². The van der Waals surface area contributed by atoms with E-state index in [-0.39, 0.29) is 63.2 Å². The summed E-state index contributed by atoms with van der Waals surface area (Å²) in [4.78, 5) is 94.2. The van der Waals surface area contributed by atoms with E-state index in [1.165, 1.54) is 9.80 Å². The number of fused-ring (bicyclic) bond motifs is 2. The number of nitrogens with one attached hydrogen (secondary N) is 3. The molecule has 0 spiro atoms. The topological polar surface area (TPSA) is 343 Å². The second-order valence-corrected chi connectivity index (χ2v) is 36.1. The lowest BCUT2D eigenvalue weighted by Gasteiger charge is -2.36. The highest BCUT2D eigenvalue weighted by molar-refractivity contribution is 7.56. The number of nitrogens with two attached hydrogens (primary N) is 1. The lowest BCUT2D eigenvalue weighted by atomic mass is 9.85. The molecule has 0 unspecified atom stereocenters. The van der Waals surface area contributed by atoms with Crippen LogP contribution in [-0.2, 0) is 55.9 Å². The van der Waals surface area contributed by atoms with Gasteiger partial charge < -0.3 is 83.1 Å². The minimum Gasteiger partial charge on any atom is -0.497 e. The van der Waals surface area contributed by atoms with E-state index in [0.29, 0.717) is 71.5 Å². The number of ether oxygens (including phenoxy) is 6. The molecule has 6 fully saturated rings. The molecule has 612 valence electrons. The van der Waals surface area contributed by atoms with Gasteiger partial charge in [0.1, 0.15) is 82.1 Å². The normalized spacial score (nSPS) is 22.8. The molecule has 4 aromatic carbocycles. The molecule has 12 rings (SSSR count). The highest BCUT2D eigenvalue weighted by Gasteiger charge is 2.69. The molecule has 113 heavy (non-hydrogen) atoms. The number of aromatic nitrogens is 2.